The van der Waals surface area contributed by atoms with Gasteiger partial charge in [-0.05, 0) is 12.8 Å². The van der Waals surface area contributed by atoms with Gasteiger partial charge in [-0.25, -0.2) is 0 Å². The van der Waals surface area contributed by atoms with Crippen molar-refractivity contribution in [2.75, 3.05) is 7.11 Å². The maximum absolute atomic E-state index is 12.8. The molecule has 0 atom stereocenters. The molecule has 2 heterocycles. The molecule has 1 aliphatic carbocycles. The van der Waals surface area contributed by atoms with Gasteiger partial charge in [0.05, 0.1) is 24.4 Å². The first kappa shape index (κ1) is 15.3. The van der Waals surface area contributed by atoms with Crippen LogP contribution < -0.4 is 10.5 Å². The van der Waals surface area contributed by atoms with Crippen LogP contribution in [0.3, 0.4) is 0 Å². The Morgan fingerprint density at radius 2 is 2.17 bits per heavy atom. The van der Waals surface area contributed by atoms with Gasteiger partial charge < -0.3 is 15.0 Å². The third-order valence-corrected chi connectivity index (χ3v) is 4.44. The van der Waals surface area contributed by atoms with E-state index in [0.717, 1.165) is 5.69 Å². The SMILES string of the molecule is COc1ccncc1-n1cc(C(N)=O)c2c1CCC(C)(C)C2=O. The van der Waals surface area contributed by atoms with Crippen LogP contribution in [0.25, 0.3) is 5.69 Å². The smallest absolute Gasteiger partial charge is 0.251 e. The van der Waals surface area contributed by atoms with E-state index in [1.54, 1.807) is 36.3 Å². The molecular weight excluding hydrogens is 294 g/mol. The molecule has 0 radical (unpaired) electrons. The summed E-state index contributed by atoms with van der Waals surface area (Å²) in [5.41, 5.74) is 7.16. The Bertz CT molecular complexity index is 805. The summed E-state index contributed by atoms with van der Waals surface area (Å²) in [4.78, 5) is 28.8. The highest BCUT2D eigenvalue weighted by Crippen LogP contribution is 2.39. The Morgan fingerprint density at radius 1 is 1.43 bits per heavy atom. The number of rotatable bonds is 3. The van der Waals surface area contributed by atoms with Crippen LogP contribution in [0, 0.1) is 5.41 Å². The van der Waals surface area contributed by atoms with Gasteiger partial charge >= 0.3 is 0 Å². The molecule has 6 nitrogen and oxygen atoms in total. The van der Waals surface area contributed by atoms with Crippen LogP contribution in [0.1, 0.15) is 46.7 Å². The number of ether oxygens (including phenoxy) is 1. The topological polar surface area (TPSA) is 87.2 Å². The Labute approximate surface area is 134 Å². The number of carbonyl (C=O) groups is 2. The molecule has 0 spiro atoms. The van der Waals surface area contributed by atoms with Crippen LogP contribution in [0.15, 0.2) is 24.7 Å². The number of amides is 1. The van der Waals surface area contributed by atoms with Crippen LogP contribution in [0.5, 0.6) is 5.75 Å². The zero-order chi connectivity index (χ0) is 16.8. The van der Waals surface area contributed by atoms with E-state index in [2.05, 4.69) is 4.98 Å². The molecule has 1 amide bonds. The molecule has 3 rings (SSSR count). The van der Waals surface area contributed by atoms with Gasteiger partial charge in [0, 0.05) is 29.6 Å². The summed E-state index contributed by atoms with van der Waals surface area (Å²) in [5.74, 6) is -0.0332. The molecule has 0 bridgehead atoms. The first-order valence-electron chi connectivity index (χ1n) is 7.44. The van der Waals surface area contributed by atoms with Gasteiger partial charge in [0.15, 0.2) is 5.78 Å². The van der Waals surface area contributed by atoms with Crippen molar-refractivity contribution in [2.24, 2.45) is 11.1 Å². The number of hydrogen-bond donors (Lipinski definition) is 1. The molecule has 2 N–H and O–H groups in total. The fourth-order valence-electron chi connectivity index (χ4n) is 3.06. The highest BCUT2D eigenvalue weighted by atomic mass is 16.5. The van der Waals surface area contributed by atoms with Crippen molar-refractivity contribution in [3.63, 3.8) is 0 Å². The molecule has 0 fully saturated rings. The maximum Gasteiger partial charge on any atom is 0.251 e. The molecule has 0 aliphatic heterocycles. The van der Waals surface area contributed by atoms with E-state index in [-0.39, 0.29) is 11.3 Å². The third kappa shape index (κ3) is 2.30. The molecule has 2 aromatic heterocycles. The van der Waals surface area contributed by atoms with E-state index in [1.807, 2.05) is 13.8 Å². The Morgan fingerprint density at radius 3 is 2.83 bits per heavy atom. The van der Waals surface area contributed by atoms with E-state index < -0.39 is 11.3 Å². The number of pyridine rings is 1. The minimum atomic E-state index is -0.603. The van der Waals surface area contributed by atoms with Crippen LogP contribution in [-0.2, 0) is 6.42 Å². The van der Waals surface area contributed by atoms with Crippen molar-refractivity contribution in [3.05, 3.63) is 41.5 Å². The fourth-order valence-corrected chi connectivity index (χ4v) is 3.06. The molecule has 6 heteroatoms. The summed E-state index contributed by atoms with van der Waals surface area (Å²) < 4.78 is 7.17. The zero-order valence-corrected chi connectivity index (χ0v) is 13.4. The standard InChI is InChI=1S/C17H19N3O3/c1-17(2)6-4-11-14(15(17)21)10(16(18)22)9-20(11)12-8-19-7-5-13(12)23-3/h5,7-9H,4,6H2,1-3H3,(H2,18,22). The molecule has 0 aromatic carbocycles. The lowest BCUT2D eigenvalue weighted by Crippen LogP contribution is -2.32. The lowest BCUT2D eigenvalue weighted by atomic mass is 9.74. The second kappa shape index (κ2) is 5.22. The number of fused-ring (bicyclic) bond motifs is 1. The highest BCUT2D eigenvalue weighted by Gasteiger charge is 2.39. The van der Waals surface area contributed by atoms with Crippen LogP contribution in [0.2, 0.25) is 0 Å². The fraction of sp³-hybridized carbons (Fsp3) is 0.353. The number of carbonyl (C=O) groups excluding carboxylic acids is 2. The summed E-state index contributed by atoms with van der Waals surface area (Å²) in [6.07, 6.45) is 6.28. The first-order valence-corrected chi connectivity index (χ1v) is 7.44. The van der Waals surface area contributed by atoms with Crippen molar-refractivity contribution in [1.29, 1.82) is 0 Å². The number of nitrogens with zero attached hydrogens (tertiary/aromatic N) is 2. The van der Waals surface area contributed by atoms with Crippen molar-refractivity contribution >= 4 is 11.7 Å². The summed E-state index contributed by atoms with van der Waals surface area (Å²) >= 11 is 0. The molecular formula is C17H19N3O3. The van der Waals surface area contributed by atoms with E-state index in [4.69, 9.17) is 10.5 Å². The number of nitrogens with two attached hydrogens (primary N) is 1. The normalized spacial score (nSPS) is 16.0. The van der Waals surface area contributed by atoms with Gasteiger partial charge in [-0.15, -0.1) is 0 Å². The number of primary amides is 1. The minimum absolute atomic E-state index is 0.0471. The van der Waals surface area contributed by atoms with Gasteiger partial charge in [-0.1, -0.05) is 13.8 Å². The average molecular weight is 313 g/mol. The monoisotopic (exact) mass is 313 g/mol. The Balaban J connectivity index is 2.28. The molecule has 0 unspecified atom stereocenters. The summed E-state index contributed by atoms with van der Waals surface area (Å²) in [7, 11) is 1.57. The lowest BCUT2D eigenvalue weighted by molar-refractivity contribution is 0.0804. The highest BCUT2D eigenvalue weighted by molar-refractivity contribution is 6.11. The predicted octanol–water partition coefficient (Wildman–Crippen LogP) is 2.13. The second-order valence-corrected chi connectivity index (χ2v) is 6.36. The molecule has 0 saturated heterocycles. The summed E-state index contributed by atoms with van der Waals surface area (Å²) in [6, 6.07) is 1.74. The number of aromatic nitrogens is 2. The van der Waals surface area contributed by atoms with Gasteiger partial charge in [0.1, 0.15) is 11.4 Å². The number of Topliss-reactive ketones (excluding diaryl/α,β-unsaturated/α-hetero) is 1. The number of hydrogen-bond acceptors (Lipinski definition) is 4. The second-order valence-electron chi connectivity index (χ2n) is 6.36. The van der Waals surface area contributed by atoms with E-state index in [1.165, 1.54) is 0 Å². The summed E-state index contributed by atoms with van der Waals surface area (Å²) in [5, 5.41) is 0. The van der Waals surface area contributed by atoms with Gasteiger partial charge in [0.25, 0.3) is 5.91 Å². The summed E-state index contributed by atoms with van der Waals surface area (Å²) in [6.45, 7) is 3.79. The Kier molecular flexibility index (Phi) is 3.47. The van der Waals surface area contributed by atoms with E-state index >= 15 is 0 Å². The minimum Gasteiger partial charge on any atom is -0.494 e. The predicted molar refractivity (Wildman–Crippen MR) is 85.1 cm³/mol. The third-order valence-electron chi connectivity index (χ3n) is 4.44. The molecule has 0 saturated carbocycles. The molecule has 120 valence electrons. The first-order chi connectivity index (χ1) is 10.9. The van der Waals surface area contributed by atoms with Gasteiger partial charge in [0.2, 0.25) is 0 Å². The van der Waals surface area contributed by atoms with Crippen LogP contribution in [0.4, 0.5) is 0 Å². The number of ketones is 1. The van der Waals surface area contributed by atoms with Crippen LogP contribution >= 0.6 is 0 Å². The van der Waals surface area contributed by atoms with E-state index in [0.29, 0.717) is 29.8 Å². The van der Waals surface area contributed by atoms with Crippen molar-refractivity contribution < 1.29 is 14.3 Å². The number of methoxy groups -OCH3 is 1. The largest absolute Gasteiger partial charge is 0.494 e. The maximum atomic E-state index is 12.8. The van der Waals surface area contributed by atoms with E-state index in [9.17, 15) is 9.59 Å². The van der Waals surface area contributed by atoms with Gasteiger partial charge in [-0.3, -0.25) is 14.6 Å². The lowest BCUT2D eigenvalue weighted by Gasteiger charge is -2.29. The quantitative estimate of drug-likeness (QED) is 0.940. The molecule has 1 aliphatic rings. The molecule has 23 heavy (non-hydrogen) atoms. The molecule has 2 aromatic rings. The van der Waals surface area contributed by atoms with Crippen molar-refractivity contribution in [3.8, 4) is 11.4 Å². The zero-order valence-electron chi connectivity index (χ0n) is 13.4. The Hall–Kier alpha value is -2.63. The van der Waals surface area contributed by atoms with Crippen LogP contribution in [-0.4, -0.2) is 28.4 Å². The van der Waals surface area contributed by atoms with Crippen molar-refractivity contribution in [2.45, 2.75) is 26.7 Å². The van der Waals surface area contributed by atoms with Crippen molar-refractivity contribution in [1.82, 2.24) is 9.55 Å². The average Bonchev–Trinajstić information content (AvgIpc) is 2.91. The van der Waals surface area contributed by atoms with Gasteiger partial charge in [-0.2, -0.15) is 0 Å².